The summed E-state index contributed by atoms with van der Waals surface area (Å²) in [6.45, 7) is 12.1. The Bertz CT molecular complexity index is 655. The van der Waals surface area contributed by atoms with Crippen LogP contribution in [0.2, 0.25) is 0 Å². The van der Waals surface area contributed by atoms with E-state index < -0.39 is 10.0 Å². The maximum absolute atomic E-state index is 12.5. The molecule has 0 aliphatic carbocycles. The molecule has 1 unspecified atom stereocenters. The molecule has 0 fully saturated rings. The van der Waals surface area contributed by atoms with Crippen molar-refractivity contribution in [1.82, 2.24) is 14.9 Å². The Hall–Kier alpha value is -1.70. The first-order valence-corrected chi connectivity index (χ1v) is 9.56. The summed E-state index contributed by atoms with van der Waals surface area (Å²) >= 11 is 0. The number of hydrogen-bond donors (Lipinski definition) is 2. The lowest BCUT2D eigenvalue weighted by Crippen LogP contribution is -2.41. The average molecular weight is 353 g/mol. The fraction of sp³-hybridized carbons (Fsp3) is 0.471. The van der Waals surface area contributed by atoms with Crippen LogP contribution in [0.5, 0.6) is 0 Å². The Labute approximate surface area is 145 Å². The Morgan fingerprint density at radius 2 is 2.00 bits per heavy atom. The zero-order valence-corrected chi connectivity index (χ0v) is 15.4. The highest BCUT2D eigenvalue weighted by Crippen LogP contribution is 2.12. The summed E-state index contributed by atoms with van der Waals surface area (Å²) in [6, 6.07) is 5.78. The third kappa shape index (κ3) is 6.07. The lowest BCUT2D eigenvalue weighted by molar-refractivity contribution is 0.0958. The number of benzene rings is 1. The van der Waals surface area contributed by atoms with Gasteiger partial charge in [0.2, 0.25) is 10.0 Å². The number of sulfonamides is 1. The summed E-state index contributed by atoms with van der Waals surface area (Å²) in [7, 11) is -3.67. The van der Waals surface area contributed by atoms with E-state index >= 15 is 0 Å². The van der Waals surface area contributed by atoms with Gasteiger partial charge in [-0.2, -0.15) is 0 Å². The van der Waals surface area contributed by atoms with Crippen molar-refractivity contribution in [2.75, 3.05) is 26.2 Å². The number of hydrogen-bond acceptors (Lipinski definition) is 4. The lowest BCUT2D eigenvalue weighted by Gasteiger charge is -2.23. The van der Waals surface area contributed by atoms with Crippen LogP contribution in [0.15, 0.2) is 41.8 Å². The molecule has 2 N–H and O–H groups in total. The zero-order valence-electron chi connectivity index (χ0n) is 14.6. The highest BCUT2D eigenvalue weighted by atomic mass is 32.2. The number of carbonyl (C=O) groups excluding carboxylic acids is 1. The molecule has 24 heavy (non-hydrogen) atoms. The van der Waals surface area contributed by atoms with Crippen LogP contribution >= 0.6 is 0 Å². The number of nitrogens with zero attached hydrogens (tertiary/aromatic N) is 1. The smallest absolute Gasteiger partial charge is 0.251 e. The largest absolute Gasteiger partial charge is 0.349 e. The van der Waals surface area contributed by atoms with E-state index in [0.29, 0.717) is 18.7 Å². The SMILES string of the molecule is C=CCNC(=O)c1cccc(S(=O)(=O)NC(C)CN(CC)CC)c1. The molecular formula is C17H27N3O3S. The maximum atomic E-state index is 12.5. The Morgan fingerprint density at radius 3 is 2.58 bits per heavy atom. The predicted molar refractivity (Wildman–Crippen MR) is 96.5 cm³/mol. The van der Waals surface area contributed by atoms with Gasteiger partial charge < -0.3 is 10.2 Å². The van der Waals surface area contributed by atoms with E-state index in [0.717, 1.165) is 13.1 Å². The summed E-state index contributed by atoms with van der Waals surface area (Å²) in [5, 5.41) is 2.63. The van der Waals surface area contributed by atoms with Crippen molar-refractivity contribution in [1.29, 1.82) is 0 Å². The molecule has 0 heterocycles. The number of rotatable bonds is 10. The molecule has 0 spiro atoms. The van der Waals surface area contributed by atoms with Gasteiger partial charge in [0.15, 0.2) is 0 Å². The van der Waals surface area contributed by atoms with Gasteiger partial charge in [-0.05, 0) is 38.2 Å². The molecule has 1 aromatic rings. The van der Waals surface area contributed by atoms with E-state index in [1.54, 1.807) is 18.2 Å². The normalized spacial score (nSPS) is 12.8. The molecule has 1 atom stereocenters. The second-order valence-corrected chi connectivity index (χ2v) is 7.25. The van der Waals surface area contributed by atoms with Crippen molar-refractivity contribution in [3.8, 4) is 0 Å². The monoisotopic (exact) mass is 353 g/mol. The molecule has 0 saturated carbocycles. The Kier molecular flexibility index (Phi) is 8.10. The van der Waals surface area contributed by atoms with E-state index in [9.17, 15) is 13.2 Å². The van der Waals surface area contributed by atoms with Crippen LogP contribution in [0.4, 0.5) is 0 Å². The van der Waals surface area contributed by atoms with Gasteiger partial charge >= 0.3 is 0 Å². The van der Waals surface area contributed by atoms with Gasteiger partial charge in [0.1, 0.15) is 0 Å². The fourth-order valence-electron chi connectivity index (χ4n) is 2.31. The minimum Gasteiger partial charge on any atom is -0.349 e. The predicted octanol–water partition coefficient (Wildman–Crippen LogP) is 1.61. The minimum absolute atomic E-state index is 0.0835. The highest BCUT2D eigenvalue weighted by Gasteiger charge is 2.19. The molecule has 0 aliphatic heterocycles. The molecule has 7 heteroatoms. The molecule has 134 valence electrons. The van der Waals surface area contributed by atoms with Crippen LogP contribution in [-0.2, 0) is 10.0 Å². The average Bonchev–Trinajstić information content (AvgIpc) is 2.57. The molecule has 1 aromatic carbocycles. The number of amides is 1. The van der Waals surface area contributed by atoms with E-state index in [1.165, 1.54) is 12.1 Å². The molecule has 1 amide bonds. The van der Waals surface area contributed by atoms with E-state index in [-0.39, 0.29) is 16.8 Å². The third-order valence-electron chi connectivity index (χ3n) is 3.60. The molecule has 1 rings (SSSR count). The first-order chi connectivity index (χ1) is 11.3. The number of carbonyl (C=O) groups is 1. The summed E-state index contributed by atoms with van der Waals surface area (Å²) in [5.74, 6) is -0.330. The van der Waals surface area contributed by atoms with Gasteiger partial charge in [-0.3, -0.25) is 4.79 Å². The first-order valence-electron chi connectivity index (χ1n) is 8.07. The topological polar surface area (TPSA) is 78.5 Å². The van der Waals surface area contributed by atoms with E-state index in [1.807, 2.05) is 20.8 Å². The van der Waals surface area contributed by atoms with Crippen molar-refractivity contribution in [2.24, 2.45) is 0 Å². The maximum Gasteiger partial charge on any atom is 0.251 e. The zero-order chi connectivity index (χ0) is 18.2. The van der Waals surface area contributed by atoms with Gasteiger partial charge in [0, 0.05) is 24.7 Å². The van der Waals surface area contributed by atoms with Crippen molar-refractivity contribution >= 4 is 15.9 Å². The molecular weight excluding hydrogens is 326 g/mol. The summed E-state index contributed by atoms with van der Waals surface area (Å²) < 4.78 is 27.7. The highest BCUT2D eigenvalue weighted by molar-refractivity contribution is 7.89. The molecule has 0 saturated heterocycles. The van der Waals surface area contributed by atoms with Crippen molar-refractivity contribution in [2.45, 2.75) is 31.7 Å². The van der Waals surface area contributed by atoms with Gasteiger partial charge in [-0.25, -0.2) is 13.1 Å². The van der Waals surface area contributed by atoms with Crippen molar-refractivity contribution in [3.05, 3.63) is 42.5 Å². The quantitative estimate of drug-likeness (QED) is 0.627. The van der Waals surface area contributed by atoms with Crippen LogP contribution in [0.1, 0.15) is 31.1 Å². The fourth-order valence-corrected chi connectivity index (χ4v) is 3.59. The van der Waals surface area contributed by atoms with Crippen molar-refractivity contribution in [3.63, 3.8) is 0 Å². The van der Waals surface area contributed by atoms with Crippen LogP contribution in [0.3, 0.4) is 0 Å². The third-order valence-corrected chi connectivity index (χ3v) is 5.18. The van der Waals surface area contributed by atoms with E-state index in [2.05, 4.69) is 21.5 Å². The second-order valence-electron chi connectivity index (χ2n) is 5.53. The molecule has 0 bridgehead atoms. The standard InChI is InChI=1S/C17H27N3O3S/c1-5-11-18-17(21)15-9-8-10-16(12-15)24(22,23)19-14(4)13-20(6-2)7-3/h5,8-10,12,14,19H,1,6-7,11,13H2,2-4H3,(H,18,21). The van der Waals surface area contributed by atoms with E-state index in [4.69, 9.17) is 0 Å². The van der Waals surface area contributed by atoms with Crippen LogP contribution in [0, 0.1) is 0 Å². The van der Waals surface area contributed by atoms with Crippen molar-refractivity contribution < 1.29 is 13.2 Å². The summed E-state index contributed by atoms with van der Waals surface area (Å²) in [6.07, 6.45) is 1.56. The van der Waals surface area contributed by atoms with Gasteiger partial charge in [-0.1, -0.05) is 26.0 Å². The van der Waals surface area contributed by atoms with Gasteiger partial charge in [-0.15, -0.1) is 6.58 Å². The minimum atomic E-state index is -3.67. The lowest BCUT2D eigenvalue weighted by atomic mass is 10.2. The van der Waals surface area contributed by atoms with Gasteiger partial charge in [0.25, 0.3) is 5.91 Å². The summed E-state index contributed by atoms with van der Waals surface area (Å²) in [4.78, 5) is 14.2. The van der Waals surface area contributed by atoms with Crippen LogP contribution in [0.25, 0.3) is 0 Å². The second kappa shape index (κ2) is 9.56. The molecule has 0 aromatic heterocycles. The Morgan fingerprint density at radius 1 is 1.33 bits per heavy atom. The van der Waals surface area contributed by atoms with Crippen LogP contribution < -0.4 is 10.0 Å². The number of nitrogens with one attached hydrogen (secondary N) is 2. The molecule has 0 radical (unpaired) electrons. The molecule has 0 aliphatic rings. The molecule has 6 nitrogen and oxygen atoms in total. The Balaban J connectivity index is 2.87. The first kappa shape index (κ1) is 20.3. The summed E-state index contributed by atoms with van der Waals surface area (Å²) in [5.41, 5.74) is 0.302. The number of likely N-dealkylation sites (N-methyl/N-ethyl adjacent to an activating group) is 1. The van der Waals surface area contributed by atoms with Gasteiger partial charge in [0.05, 0.1) is 4.90 Å². The van der Waals surface area contributed by atoms with Crippen LogP contribution in [-0.4, -0.2) is 51.4 Å².